The standard InChI is InChI=1S/C5H8O4.C3H8.3CH2O/c1-9-5(8)3-2-4(6)7;1-3-2;3*1-2/h2-3H2,1H3,(H,6,7);3H2,1-2H3;3*1H2. The monoisotopic (exact) mass is 266 g/mol. The third-order valence-corrected chi connectivity index (χ3v) is 0.771. The van der Waals surface area contributed by atoms with Gasteiger partial charge in [0.25, 0.3) is 0 Å². The van der Waals surface area contributed by atoms with Crippen molar-refractivity contribution in [1.82, 2.24) is 0 Å². The van der Waals surface area contributed by atoms with Crippen LogP contribution in [0.2, 0.25) is 0 Å². The van der Waals surface area contributed by atoms with Crippen LogP contribution in [0.3, 0.4) is 0 Å². The van der Waals surface area contributed by atoms with Gasteiger partial charge in [-0.25, -0.2) is 0 Å². The fraction of sp³-hybridized carbons (Fsp3) is 0.545. The van der Waals surface area contributed by atoms with Gasteiger partial charge in [0.2, 0.25) is 0 Å². The molecular weight excluding hydrogens is 244 g/mol. The highest BCUT2D eigenvalue weighted by Crippen LogP contribution is 1.89. The lowest BCUT2D eigenvalue weighted by Gasteiger charge is -1.92. The number of ether oxygens (including phenoxy) is 1. The minimum atomic E-state index is -0.986. The lowest BCUT2D eigenvalue weighted by Crippen LogP contribution is -2.04. The van der Waals surface area contributed by atoms with Gasteiger partial charge >= 0.3 is 11.9 Å². The third kappa shape index (κ3) is 95.5. The number of carbonyl (C=O) groups excluding carboxylic acids is 4. The van der Waals surface area contributed by atoms with Gasteiger partial charge in [0.1, 0.15) is 20.4 Å². The Morgan fingerprint density at radius 1 is 0.944 bits per heavy atom. The number of carbonyl (C=O) groups is 5. The van der Waals surface area contributed by atoms with Crippen LogP contribution in [0.4, 0.5) is 0 Å². The molecule has 18 heavy (non-hydrogen) atoms. The minimum absolute atomic E-state index is 0.0498. The predicted octanol–water partition coefficient (Wildman–Crippen LogP) is 0.886. The van der Waals surface area contributed by atoms with Crippen molar-refractivity contribution in [2.45, 2.75) is 33.1 Å². The molecule has 108 valence electrons. The topological polar surface area (TPSA) is 115 Å². The molecule has 0 unspecified atom stereocenters. The zero-order chi connectivity index (χ0) is 16.0. The summed E-state index contributed by atoms with van der Waals surface area (Å²) >= 11 is 0. The molecule has 0 saturated heterocycles. The van der Waals surface area contributed by atoms with Gasteiger partial charge in [-0.2, -0.15) is 0 Å². The molecule has 0 saturated carbocycles. The third-order valence-electron chi connectivity index (χ3n) is 0.771. The molecule has 1 N–H and O–H groups in total. The predicted molar refractivity (Wildman–Crippen MR) is 66.2 cm³/mol. The second-order valence-corrected chi connectivity index (χ2v) is 2.18. The van der Waals surface area contributed by atoms with E-state index >= 15 is 0 Å². The van der Waals surface area contributed by atoms with E-state index in [0.29, 0.717) is 0 Å². The van der Waals surface area contributed by atoms with Gasteiger partial charge in [0.15, 0.2) is 0 Å². The number of carboxylic acid groups (broad SMARTS) is 1. The second kappa shape index (κ2) is 46.0. The first-order valence-corrected chi connectivity index (χ1v) is 4.73. The molecule has 0 radical (unpaired) electrons. The first kappa shape index (κ1) is 29.7. The van der Waals surface area contributed by atoms with Gasteiger partial charge in [-0.1, -0.05) is 20.3 Å². The van der Waals surface area contributed by atoms with Gasteiger partial charge < -0.3 is 24.2 Å². The van der Waals surface area contributed by atoms with Crippen molar-refractivity contribution >= 4 is 32.3 Å². The first-order chi connectivity index (χ1) is 8.58. The van der Waals surface area contributed by atoms with Crippen LogP contribution in [0.15, 0.2) is 0 Å². The number of aliphatic carboxylic acids is 1. The molecule has 0 aliphatic carbocycles. The van der Waals surface area contributed by atoms with Crippen molar-refractivity contribution in [2.24, 2.45) is 0 Å². The lowest BCUT2D eigenvalue weighted by atomic mass is 10.3. The van der Waals surface area contributed by atoms with Crippen molar-refractivity contribution in [1.29, 1.82) is 0 Å². The average Bonchev–Trinajstić information content (AvgIpc) is 2.43. The zero-order valence-corrected chi connectivity index (χ0v) is 11.1. The normalized spacial score (nSPS) is 5.94. The molecule has 0 aliphatic rings. The van der Waals surface area contributed by atoms with E-state index in [1.807, 2.05) is 20.4 Å². The fourth-order valence-corrected chi connectivity index (χ4v) is 0.311. The molecule has 0 aromatic rings. The molecule has 0 amide bonds. The Kier molecular flexibility index (Phi) is 76.0. The number of hydrogen-bond donors (Lipinski definition) is 1. The number of esters is 1. The maximum atomic E-state index is 10.2. The smallest absolute Gasteiger partial charge is 0.306 e. The van der Waals surface area contributed by atoms with E-state index < -0.39 is 11.9 Å². The summed E-state index contributed by atoms with van der Waals surface area (Å²) in [4.78, 5) is 44.0. The van der Waals surface area contributed by atoms with E-state index in [9.17, 15) is 9.59 Å². The van der Waals surface area contributed by atoms with Crippen LogP contribution < -0.4 is 0 Å². The van der Waals surface area contributed by atoms with Crippen molar-refractivity contribution < 1.29 is 33.8 Å². The minimum Gasteiger partial charge on any atom is -0.481 e. The zero-order valence-electron chi connectivity index (χ0n) is 11.1. The fourth-order valence-electron chi connectivity index (χ4n) is 0.311. The van der Waals surface area contributed by atoms with E-state index in [-0.39, 0.29) is 12.8 Å². The largest absolute Gasteiger partial charge is 0.481 e. The molecule has 0 heterocycles. The summed E-state index contributed by atoms with van der Waals surface area (Å²) in [6.45, 7) is 10.2. The number of hydrogen-bond acceptors (Lipinski definition) is 6. The van der Waals surface area contributed by atoms with Crippen LogP contribution in [0, 0.1) is 0 Å². The van der Waals surface area contributed by atoms with Gasteiger partial charge in [-0.3, -0.25) is 9.59 Å². The quantitative estimate of drug-likeness (QED) is 0.754. The molecule has 0 aromatic heterocycles. The second-order valence-electron chi connectivity index (χ2n) is 2.18. The summed E-state index contributed by atoms with van der Waals surface area (Å²) in [6, 6.07) is 0. The summed E-state index contributed by atoms with van der Waals surface area (Å²) < 4.78 is 4.20. The van der Waals surface area contributed by atoms with Gasteiger partial charge in [-0.15, -0.1) is 0 Å². The molecule has 0 atom stereocenters. The molecule has 7 nitrogen and oxygen atoms in total. The molecule has 0 aliphatic heterocycles. The van der Waals surface area contributed by atoms with Gasteiger partial charge in [0, 0.05) is 0 Å². The average molecular weight is 266 g/mol. The molecule has 0 fully saturated rings. The highest BCUT2D eigenvalue weighted by Gasteiger charge is 2.02. The molecule has 0 spiro atoms. The van der Waals surface area contributed by atoms with Crippen molar-refractivity contribution in [3.63, 3.8) is 0 Å². The summed E-state index contributed by atoms with van der Waals surface area (Å²) in [5.74, 6) is -1.47. The summed E-state index contributed by atoms with van der Waals surface area (Å²) in [6.07, 6.45) is 1.04. The SMILES string of the molecule is C=O.C=O.C=O.CCC.COC(=O)CCC(=O)O. The van der Waals surface area contributed by atoms with Gasteiger partial charge in [-0.05, 0) is 0 Å². The Bertz CT molecular complexity index is 166. The Balaban J connectivity index is -0.0000000524. The maximum absolute atomic E-state index is 10.2. The Hall–Kier alpha value is -2.05. The van der Waals surface area contributed by atoms with Crippen molar-refractivity contribution in [2.75, 3.05) is 7.11 Å². The van der Waals surface area contributed by atoms with E-state index in [2.05, 4.69) is 18.6 Å². The summed E-state index contributed by atoms with van der Waals surface area (Å²) in [5.41, 5.74) is 0. The van der Waals surface area contributed by atoms with E-state index in [4.69, 9.17) is 19.5 Å². The van der Waals surface area contributed by atoms with E-state index in [1.165, 1.54) is 13.5 Å². The highest BCUT2D eigenvalue weighted by atomic mass is 16.5. The van der Waals surface area contributed by atoms with E-state index in [1.54, 1.807) is 0 Å². The number of carboxylic acids is 1. The molecule has 0 rings (SSSR count). The van der Waals surface area contributed by atoms with Crippen LogP contribution in [0.25, 0.3) is 0 Å². The maximum Gasteiger partial charge on any atom is 0.306 e. The Morgan fingerprint density at radius 3 is 1.39 bits per heavy atom. The molecule has 0 bridgehead atoms. The number of rotatable bonds is 3. The molecule has 7 heteroatoms. The number of methoxy groups -OCH3 is 1. The van der Waals surface area contributed by atoms with Crippen molar-refractivity contribution in [3.8, 4) is 0 Å². The van der Waals surface area contributed by atoms with Crippen LogP contribution >= 0.6 is 0 Å². The van der Waals surface area contributed by atoms with Crippen molar-refractivity contribution in [3.05, 3.63) is 0 Å². The van der Waals surface area contributed by atoms with Crippen LogP contribution in [0.1, 0.15) is 33.1 Å². The Labute approximate surface area is 107 Å². The highest BCUT2D eigenvalue weighted by molar-refractivity contribution is 5.76. The van der Waals surface area contributed by atoms with Crippen LogP contribution in [-0.2, 0) is 28.7 Å². The summed E-state index contributed by atoms with van der Waals surface area (Å²) in [7, 11) is 1.23. The molecule has 0 aromatic carbocycles. The lowest BCUT2D eigenvalue weighted by molar-refractivity contribution is -0.145. The molecular formula is C11H22O7. The summed E-state index contributed by atoms with van der Waals surface area (Å²) in [5, 5.41) is 8.05. The van der Waals surface area contributed by atoms with E-state index in [0.717, 1.165) is 0 Å². The Morgan fingerprint density at radius 2 is 1.22 bits per heavy atom. The first-order valence-electron chi connectivity index (χ1n) is 4.73. The van der Waals surface area contributed by atoms with Gasteiger partial charge in [0.05, 0.1) is 20.0 Å². The van der Waals surface area contributed by atoms with Crippen LogP contribution in [-0.4, -0.2) is 44.5 Å². The van der Waals surface area contributed by atoms with Crippen LogP contribution in [0.5, 0.6) is 0 Å².